The summed E-state index contributed by atoms with van der Waals surface area (Å²) in [6.07, 6.45) is 7.23. The number of nitrogens with zero attached hydrogens (tertiary/aromatic N) is 3. The van der Waals surface area contributed by atoms with Gasteiger partial charge in [-0.1, -0.05) is 20.3 Å². The summed E-state index contributed by atoms with van der Waals surface area (Å²) in [5.41, 5.74) is 1.000. The van der Waals surface area contributed by atoms with E-state index in [1.807, 2.05) is 19.4 Å². The highest BCUT2D eigenvalue weighted by atomic mass is 15.2. The van der Waals surface area contributed by atoms with Crippen molar-refractivity contribution in [2.75, 3.05) is 18.5 Å². The summed E-state index contributed by atoms with van der Waals surface area (Å²) in [6.45, 7) is 8.51. The molecule has 0 amide bonds. The van der Waals surface area contributed by atoms with Crippen LogP contribution in [0.25, 0.3) is 0 Å². The second-order valence-electron chi connectivity index (χ2n) is 4.70. The number of hydrogen-bond acceptors (Lipinski definition) is 4. The standard InChI is InChI=1S/C14H26N4/c1-5-7-8-18(12(3)6-2)14-11-16-10-13(17-14)9-15-4/h10-12,15H,5-9H2,1-4H3. The van der Waals surface area contributed by atoms with E-state index in [2.05, 4.69) is 41.0 Å². The van der Waals surface area contributed by atoms with Gasteiger partial charge in [-0.05, 0) is 26.8 Å². The molecule has 1 rings (SSSR count). The molecule has 0 saturated heterocycles. The number of rotatable bonds is 8. The van der Waals surface area contributed by atoms with E-state index in [9.17, 15) is 0 Å². The highest BCUT2D eigenvalue weighted by Gasteiger charge is 2.14. The molecule has 0 saturated carbocycles. The van der Waals surface area contributed by atoms with Gasteiger partial charge in [-0.25, -0.2) is 4.98 Å². The predicted octanol–water partition coefficient (Wildman–Crippen LogP) is 2.60. The lowest BCUT2D eigenvalue weighted by Gasteiger charge is -2.29. The molecule has 4 heteroatoms. The number of anilines is 1. The maximum absolute atomic E-state index is 4.69. The van der Waals surface area contributed by atoms with Crippen molar-refractivity contribution in [2.45, 2.75) is 52.6 Å². The number of aromatic nitrogens is 2. The number of unbranched alkanes of at least 4 members (excludes halogenated alkanes) is 1. The Morgan fingerprint density at radius 3 is 2.72 bits per heavy atom. The molecule has 18 heavy (non-hydrogen) atoms. The normalized spacial score (nSPS) is 12.4. The van der Waals surface area contributed by atoms with E-state index in [1.165, 1.54) is 12.8 Å². The van der Waals surface area contributed by atoms with Crippen LogP contribution in [0.5, 0.6) is 0 Å². The van der Waals surface area contributed by atoms with Gasteiger partial charge in [0, 0.05) is 25.3 Å². The van der Waals surface area contributed by atoms with Crippen molar-refractivity contribution >= 4 is 5.82 Å². The van der Waals surface area contributed by atoms with Gasteiger partial charge in [-0.2, -0.15) is 0 Å². The Labute approximate surface area is 111 Å². The first kappa shape index (κ1) is 14.9. The predicted molar refractivity (Wildman–Crippen MR) is 76.8 cm³/mol. The topological polar surface area (TPSA) is 41.1 Å². The summed E-state index contributed by atoms with van der Waals surface area (Å²) in [5.74, 6) is 1.01. The zero-order valence-electron chi connectivity index (χ0n) is 12.1. The third-order valence-corrected chi connectivity index (χ3v) is 3.20. The summed E-state index contributed by atoms with van der Waals surface area (Å²) in [5, 5.41) is 3.12. The van der Waals surface area contributed by atoms with Crippen molar-refractivity contribution in [2.24, 2.45) is 0 Å². The van der Waals surface area contributed by atoms with Gasteiger partial charge in [0.15, 0.2) is 0 Å². The summed E-state index contributed by atoms with van der Waals surface area (Å²) in [4.78, 5) is 11.4. The molecule has 0 radical (unpaired) electrons. The molecule has 4 nitrogen and oxygen atoms in total. The van der Waals surface area contributed by atoms with E-state index in [0.29, 0.717) is 6.04 Å². The van der Waals surface area contributed by atoms with Crippen molar-refractivity contribution in [3.8, 4) is 0 Å². The first-order valence-corrected chi connectivity index (χ1v) is 6.95. The van der Waals surface area contributed by atoms with E-state index in [-0.39, 0.29) is 0 Å². The Kier molecular flexibility index (Phi) is 6.65. The monoisotopic (exact) mass is 250 g/mol. The second kappa shape index (κ2) is 8.03. The molecular formula is C14H26N4. The lowest BCUT2D eigenvalue weighted by Crippen LogP contribution is -2.34. The fourth-order valence-corrected chi connectivity index (χ4v) is 1.91. The van der Waals surface area contributed by atoms with Gasteiger partial charge in [0.2, 0.25) is 0 Å². The van der Waals surface area contributed by atoms with Crippen molar-refractivity contribution in [3.05, 3.63) is 18.1 Å². The first-order valence-electron chi connectivity index (χ1n) is 6.95. The lowest BCUT2D eigenvalue weighted by molar-refractivity contribution is 0.586. The molecule has 0 aliphatic heterocycles. The number of nitrogens with one attached hydrogen (secondary N) is 1. The molecule has 1 aromatic heterocycles. The minimum atomic E-state index is 0.510. The number of hydrogen-bond donors (Lipinski definition) is 1. The Morgan fingerprint density at radius 2 is 2.11 bits per heavy atom. The molecule has 1 heterocycles. The average Bonchev–Trinajstić information content (AvgIpc) is 2.39. The second-order valence-corrected chi connectivity index (χ2v) is 4.70. The molecule has 1 unspecified atom stereocenters. The van der Waals surface area contributed by atoms with Gasteiger partial charge in [0.25, 0.3) is 0 Å². The van der Waals surface area contributed by atoms with Crippen LogP contribution in [-0.2, 0) is 6.54 Å². The van der Waals surface area contributed by atoms with E-state index in [1.54, 1.807) is 0 Å². The van der Waals surface area contributed by atoms with E-state index < -0.39 is 0 Å². The fourth-order valence-electron chi connectivity index (χ4n) is 1.91. The van der Waals surface area contributed by atoms with Crippen molar-refractivity contribution in [1.29, 1.82) is 0 Å². The largest absolute Gasteiger partial charge is 0.353 e. The van der Waals surface area contributed by atoms with E-state index >= 15 is 0 Å². The molecule has 0 aliphatic rings. The molecule has 0 fully saturated rings. The average molecular weight is 250 g/mol. The van der Waals surface area contributed by atoms with Crippen molar-refractivity contribution in [1.82, 2.24) is 15.3 Å². The summed E-state index contributed by atoms with van der Waals surface area (Å²) >= 11 is 0. The smallest absolute Gasteiger partial charge is 0.147 e. The SMILES string of the molecule is CCCCN(c1cncc(CNC)n1)C(C)CC. The van der Waals surface area contributed by atoms with Crippen LogP contribution in [0.15, 0.2) is 12.4 Å². The van der Waals surface area contributed by atoms with Crippen LogP contribution in [0.2, 0.25) is 0 Å². The van der Waals surface area contributed by atoms with Gasteiger partial charge in [0.05, 0.1) is 11.9 Å². The third-order valence-electron chi connectivity index (χ3n) is 3.20. The van der Waals surface area contributed by atoms with Crippen LogP contribution < -0.4 is 10.2 Å². The molecule has 0 bridgehead atoms. The minimum Gasteiger partial charge on any atom is -0.353 e. The fraction of sp³-hybridized carbons (Fsp3) is 0.714. The Bertz CT molecular complexity index is 340. The quantitative estimate of drug-likeness (QED) is 0.770. The highest BCUT2D eigenvalue weighted by molar-refractivity contribution is 5.37. The van der Waals surface area contributed by atoms with Crippen molar-refractivity contribution < 1.29 is 0 Å². The highest BCUT2D eigenvalue weighted by Crippen LogP contribution is 2.16. The third kappa shape index (κ3) is 4.26. The molecule has 1 atom stereocenters. The van der Waals surface area contributed by atoms with Gasteiger partial charge in [-0.3, -0.25) is 4.98 Å². The maximum atomic E-state index is 4.69. The maximum Gasteiger partial charge on any atom is 0.147 e. The molecule has 0 aliphatic carbocycles. The van der Waals surface area contributed by atoms with Gasteiger partial charge in [0.1, 0.15) is 5.82 Å². The minimum absolute atomic E-state index is 0.510. The van der Waals surface area contributed by atoms with Gasteiger partial charge < -0.3 is 10.2 Å². The van der Waals surface area contributed by atoms with E-state index in [0.717, 1.165) is 31.0 Å². The van der Waals surface area contributed by atoms with Crippen LogP contribution in [0.3, 0.4) is 0 Å². The van der Waals surface area contributed by atoms with Crippen LogP contribution in [0.4, 0.5) is 5.82 Å². The molecule has 0 aromatic carbocycles. The Morgan fingerprint density at radius 1 is 1.33 bits per heavy atom. The first-order chi connectivity index (χ1) is 8.72. The van der Waals surface area contributed by atoms with Crippen molar-refractivity contribution in [3.63, 3.8) is 0 Å². The Balaban J connectivity index is 2.85. The van der Waals surface area contributed by atoms with Crippen LogP contribution in [0.1, 0.15) is 45.7 Å². The zero-order chi connectivity index (χ0) is 13.4. The summed E-state index contributed by atoms with van der Waals surface area (Å²) in [6, 6.07) is 0.510. The van der Waals surface area contributed by atoms with Crippen LogP contribution in [-0.4, -0.2) is 29.6 Å². The summed E-state index contributed by atoms with van der Waals surface area (Å²) in [7, 11) is 1.93. The molecule has 1 aromatic rings. The zero-order valence-corrected chi connectivity index (χ0v) is 12.1. The van der Waals surface area contributed by atoms with Crippen LogP contribution >= 0.6 is 0 Å². The van der Waals surface area contributed by atoms with Gasteiger partial charge >= 0.3 is 0 Å². The molecule has 1 N–H and O–H groups in total. The lowest BCUT2D eigenvalue weighted by atomic mass is 10.2. The van der Waals surface area contributed by atoms with Gasteiger partial charge in [-0.15, -0.1) is 0 Å². The van der Waals surface area contributed by atoms with Crippen LogP contribution in [0, 0.1) is 0 Å². The summed E-state index contributed by atoms with van der Waals surface area (Å²) < 4.78 is 0. The molecule has 102 valence electrons. The van der Waals surface area contributed by atoms with E-state index in [4.69, 9.17) is 0 Å². The molecule has 0 spiro atoms. The molecular weight excluding hydrogens is 224 g/mol. The Hall–Kier alpha value is -1.16.